The summed E-state index contributed by atoms with van der Waals surface area (Å²) in [4.78, 5) is 25.3. The van der Waals surface area contributed by atoms with E-state index in [-0.39, 0.29) is 5.69 Å². The second kappa shape index (κ2) is 9.67. The monoisotopic (exact) mass is 480 g/mol. The molecule has 174 valence electrons. The van der Waals surface area contributed by atoms with E-state index >= 15 is 0 Å². The summed E-state index contributed by atoms with van der Waals surface area (Å²) in [7, 11) is 4.79. The Morgan fingerprint density at radius 3 is 2.62 bits per heavy atom. The van der Waals surface area contributed by atoms with Crippen LogP contribution in [0.25, 0.3) is 11.4 Å². The topological polar surface area (TPSA) is 145 Å². The van der Waals surface area contributed by atoms with Crippen molar-refractivity contribution in [1.29, 1.82) is 0 Å². The summed E-state index contributed by atoms with van der Waals surface area (Å²) in [5.41, 5.74) is 1.89. The van der Waals surface area contributed by atoms with Gasteiger partial charge in [0.05, 0.1) is 23.4 Å². The lowest BCUT2D eigenvalue weighted by atomic mass is 10.2. The summed E-state index contributed by atoms with van der Waals surface area (Å²) in [6, 6.07) is 5.14. The summed E-state index contributed by atoms with van der Waals surface area (Å²) < 4.78 is 7.19. The van der Waals surface area contributed by atoms with Crippen LogP contribution in [0.1, 0.15) is 16.1 Å². The van der Waals surface area contributed by atoms with Gasteiger partial charge in [-0.3, -0.25) is 9.48 Å². The molecule has 0 radical (unpaired) electrons. The van der Waals surface area contributed by atoms with Crippen LogP contribution in [0.15, 0.2) is 36.9 Å². The number of ether oxygens (including phenoxy) is 1. The SMILES string of the molecule is CNC(=O)c1nnc(Nc2cc(C)c(Cl)cn2)cc1Nc1nccc(-c2ncn(C)n2)c1OC. The number of carbonyl (C=O) groups excluding carboxylic acids is 1. The molecule has 13 heteroatoms. The first-order valence-electron chi connectivity index (χ1n) is 10.0. The molecule has 0 atom stereocenters. The highest BCUT2D eigenvalue weighted by atomic mass is 35.5. The van der Waals surface area contributed by atoms with E-state index in [1.807, 2.05) is 6.92 Å². The van der Waals surface area contributed by atoms with Crippen molar-refractivity contribution >= 4 is 40.6 Å². The minimum Gasteiger partial charge on any atom is -0.492 e. The van der Waals surface area contributed by atoms with Gasteiger partial charge in [0.15, 0.2) is 28.9 Å². The molecule has 34 heavy (non-hydrogen) atoms. The number of pyridine rings is 2. The Morgan fingerprint density at radius 2 is 1.94 bits per heavy atom. The number of nitrogens with one attached hydrogen (secondary N) is 3. The number of amides is 1. The quantitative estimate of drug-likeness (QED) is 0.361. The van der Waals surface area contributed by atoms with Gasteiger partial charge in [-0.1, -0.05) is 11.6 Å². The van der Waals surface area contributed by atoms with Gasteiger partial charge < -0.3 is 20.7 Å². The van der Waals surface area contributed by atoms with Crippen molar-refractivity contribution in [1.82, 2.24) is 40.2 Å². The standard InChI is InChI=1S/C21H21ClN10O2/c1-11-7-15(25-9-13(11)22)28-16-8-14(17(30-29-16)21(33)23-2)27-20-18(34-4)12(5-6-24-20)19-26-10-32(3)31-19/h5-10H,1-4H3,(H,23,33)(H2,24,25,27,28,29). The van der Waals surface area contributed by atoms with Crippen LogP contribution in [0, 0.1) is 6.92 Å². The van der Waals surface area contributed by atoms with Crippen LogP contribution < -0.4 is 20.7 Å². The van der Waals surface area contributed by atoms with Crippen molar-refractivity contribution in [2.24, 2.45) is 7.05 Å². The number of hydrogen-bond acceptors (Lipinski definition) is 10. The van der Waals surface area contributed by atoms with Crippen LogP contribution in [0.4, 0.5) is 23.1 Å². The molecule has 0 aliphatic heterocycles. The van der Waals surface area contributed by atoms with E-state index in [2.05, 4.69) is 46.2 Å². The third-order valence-corrected chi connectivity index (χ3v) is 5.14. The normalized spacial score (nSPS) is 10.6. The zero-order chi connectivity index (χ0) is 24.2. The molecule has 0 aliphatic rings. The molecule has 4 aromatic heterocycles. The molecule has 4 aromatic rings. The molecule has 3 N–H and O–H groups in total. The predicted molar refractivity (Wildman–Crippen MR) is 127 cm³/mol. The number of nitrogens with zero attached hydrogens (tertiary/aromatic N) is 7. The highest BCUT2D eigenvalue weighted by molar-refractivity contribution is 6.31. The number of anilines is 4. The molecule has 1 amide bonds. The van der Waals surface area contributed by atoms with Gasteiger partial charge in [0.1, 0.15) is 12.1 Å². The second-order valence-electron chi connectivity index (χ2n) is 7.12. The maximum Gasteiger partial charge on any atom is 0.273 e. The van der Waals surface area contributed by atoms with E-state index in [4.69, 9.17) is 16.3 Å². The number of rotatable bonds is 7. The minimum absolute atomic E-state index is 0.0681. The number of carbonyl (C=O) groups is 1. The fourth-order valence-corrected chi connectivity index (χ4v) is 3.19. The van der Waals surface area contributed by atoms with Crippen molar-refractivity contribution in [3.63, 3.8) is 0 Å². The summed E-state index contributed by atoms with van der Waals surface area (Å²) in [5.74, 6) is 1.66. The molecule has 0 saturated heterocycles. The van der Waals surface area contributed by atoms with Crippen molar-refractivity contribution in [3.05, 3.63) is 53.2 Å². The summed E-state index contributed by atoms with van der Waals surface area (Å²) >= 11 is 6.06. The molecule has 0 unspecified atom stereocenters. The lowest BCUT2D eigenvalue weighted by Crippen LogP contribution is -2.21. The Balaban J connectivity index is 1.73. The van der Waals surface area contributed by atoms with Gasteiger partial charge in [0.2, 0.25) is 0 Å². The smallest absolute Gasteiger partial charge is 0.273 e. The maximum absolute atomic E-state index is 12.4. The van der Waals surface area contributed by atoms with Crippen LogP contribution in [0.2, 0.25) is 5.02 Å². The van der Waals surface area contributed by atoms with Crippen LogP contribution in [0.5, 0.6) is 5.75 Å². The van der Waals surface area contributed by atoms with Gasteiger partial charge >= 0.3 is 0 Å². The third kappa shape index (κ3) is 4.71. The molecule has 0 saturated carbocycles. The molecule has 0 aromatic carbocycles. The largest absolute Gasteiger partial charge is 0.492 e. The number of aryl methyl sites for hydroxylation is 2. The van der Waals surface area contributed by atoms with Crippen molar-refractivity contribution < 1.29 is 9.53 Å². The lowest BCUT2D eigenvalue weighted by molar-refractivity contribution is 0.0958. The Labute approximate surface area is 199 Å². The number of methoxy groups -OCH3 is 1. The van der Waals surface area contributed by atoms with E-state index in [1.54, 1.807) is 42.5 Å². The average molecular weight is 481 g/mol. The third-order valence-electron chi connectivity index (χ3n) is 4.74. The van der Waals surface area contributed by atoms with Gasteiger partial charge in [0.25, 0.3) is 5.91 Å². The Morgan fingerprint density at radius 1 is 1.12 bits per heavy atom. The fourth-order valence-electron chi connectivity index (χ4n) is 3.08. The fraction of sp³-hybridized carbons (Fsp3) is 0.190. The summed E-state index contributed by atoms with van der Waals surface area (Å²) in [6.45, 7) is 1.87. The Kier molecular flexibility index (Phi) is 6.50. The molecule has 4 rings (SSSR count). The Bertz CT molecular complexity index is 1360. The van der Waals surface area contributed by atoms with Gasteiger partial charge in [-0.05, 0) is 24.6 Å². The lowest BCUT2D eigenvalue weighted by Gasteiger charge is -2.15. The summed E-state index contributed by atoms with van der Waals surface area (Å²) in [5, 5.41) is 21.8. The average Bonchev–Trinajstić information content (AvgIpc) is 3.27. The Hall–Kier alpha value is -4.32. The zero-order valence-corrected chi connectivity index (χ0v) is 19.5. The van der Waals surface area contributed by atoms with E-state index < -0.39 is 5.91 Å². The molecular formula is C21H21ClN10O2. The van der Waals surface area contributed by atoms with Crippen LogP contribution in [-0.4, -0.2) is 55.0 Å². The van der Waals surface area contributed by atoms with Crippen LogP contribution >= 0.6 is 11.6 Å². The van der Waals surface area contributed by atoms with Crippen molar-refractivity contribution in [3.8, 4) is 17.1 Å². The van der Waals surface area contributed by atoms with Gasteiger partial charge in [-0.15, -0.1) is 10.2 Å². The van der Waals surface area contributed by atoms with Gasteiger partial charge in [0, 0.05) is 32.6 Å². The number of aromatic nitrogens is 7. The van der Waals surface area contributed by atoms with E-state index in [0.29, 0.717) is 45.3 Å². The highest BCUT2D eigenvalue weighted by Gasteiger charge is 2.20. The molecule has 0 fully saturated rings. The first-order chi connectivity index (χ1) is 16.4. The second-order valence-corrected chi connectivity index (χ2v) is 7.53. The summed E-state index contributed by atoms with van der Waals surface area (Å²) in [6.07, 6.45) is 4.71. The molecule has 12 nitrogen and oxygen atoms in total. The number of hydrogen-bond donors (Lipinski definition) is 3. The molecular weight excluding hydrogens is 460 g/mol. The van der Waals surface area contributed by atoms with Crippen LogP contribution in [-0.2, 0) is 7.05 Å². The zero-order valence-electron chi connectivity index (χ0n) is 18.8. The van der Waals surface area contributed by atoms with Gasteiger partial charge in [-0.2, -0.15) is 5.10 Å². The predicted octanol–water partition coefficient (Wildman–Crippen LogP) is 2.88. The first kappa shape index (κ1) is 22.9. The van der Waals surface area contributed by atoms with E-state index in [1.165, 1.54) is 20.4 Å². The van der Waals surface area contributed by atoms with Crippen LogP contribution in [0.3, 0.4) is 0 Å². The molecule has 4 heterocycles. The minimum atomic E-state index is -0.427. The molecule has 0 spiro atoms. The maximum atomic E-state index is 12.4. The van der Waals surface area contributed by atoms with E-state index in [0.717, 1.165) is 5.56 Å². The highest BCUT2D eigenvalue weighted by Crippen LogP contribution is 2.35. The molecule has 0 aliphatic carbocycles. The van der Waals surface area contributed by atoms with E-state index in [9.17, 15) is 4.79 Å². The van der Waals surface area contributed by atoms with Crippen molar-refractivity contribution in [2.45, 2.75) is 6.92 Å². The molecule has 0 bridgehead atoms. The number of halogens is 1. The van der Waals surface area contributed by atoms with Gasteiger partial charge in [-0.25, -0.2) is 15.0 Å². The van der Waals surface area contributed by atoms with Crippen molar-refractivity contribution in [2.75, 3.05) is 24.8 Å². The first-order valence-corrected chi connectivity index (χ1v) is 10.4.